The van der Waals surface area contributed by atoms with E-state index in [1.54, 1.807) is 0 Å². The number of hydrogen-bond acceptors (Lipinski definition) is 3. The number of aromatic nitrogens is 2. The lowest BCUT2D eigenvalue weighted by atomic mass is 10.1. The Morgan fingerprint density at radius 3 is 2.24 bits per heavy atom. The van der Waals surface area contributed by atoms with Crippen molar-refractivity contribution in [1.29, 1.82) is 0 Å². The third-order valence-corrected chi connectivity index (χ3v) is 2.16. The molecule has 88 valence electrons. The molecule has 1 aromatic carbocycles. The summed E-state index contributed by atoms with van der Waals surface area (Å²) >= 11 is 0. The van der Waals surface area contributed by atoms with Crippen LogP contribution in [-0.2, 0) is 6.18 Å². The van der Waals surface area contributed by atoms with Crippen LogP contribution in [0, 0.1) is 0 Å². The minimum absolute atomic E-state index is 0.347. The predicted octanol–water partition coefficient (Wildman–Crippen LogP) is 2.87. The fourth-order valence-electron chi connectivity index (χ4n) is 1.35. The second kappa shape index (κ2) is 4.04. The van der Waals surface area contributed by atoms with Crippen molar-refractivity contribution in [2.75, 3.05) is 0 Å². The van der Waals surface area contributed by atoms with Crippen LogP contribution in [0.15, 0.2) is 36.7 Å². The van der Waals surface area contributed by atoms with Gasteiger partial charge in [0.05, 0.1) is 5.56 Å². The Hall–Kier alpha value is -2.11. The van der Waals surface area contributed by atoms with Crippen molar-refractivity contribution in [2.45, 2.75) is 6.18 Å². The summed E-state index contributed by atoms with van der Waals surface area (Å²) in [4.78, 5) is 7.02. The highest BCUT2D eigenvalue weighted by atomic mass is 19.4. The van der Waals surface area contributed by atoms with Gasteiger partial charge >= 0.3 is 12.2 Å². The zero-order valence-corrected chi connectivity index (χ0v) is 8.44. The number of rotatable bonds is 1. The van der Waals surface area contributed by atoms with E-state index >= 15 is 0 Å². The molecule has 0 aliphatic carbocycles. The Bertz CT molecular complexity index is 523. The molecule has 6 heteroatoms. The molecule has 1 N–H and O–H groups in total. The van der Waals surface area contributed by atoms with Crippen molar-refractivity contribution in [3.8, 4) is 17.1 Å². The van der Waals surface area contributed by atoms with Gasteiger partial charge in [-0.15, -0.1) is 0 Å². The average Bonchev–Trinajstić information content (AvgIpc) is 2.29. The van der Waals surface area contributed by atoms with E-state index in [0.717, 1.165) is 12.1 Å². The number of nitrogens with zero attached hydrogens (tertiary/aromatic N) is 2. The lowest BCUT2D eigenvalue weighted by molar-refractivity contribution is -0.137. The molecule has 0 bridgehead atoms. The van der Waals surface area contributed by atoms with Crippen molar-refractivity contribution in [1.82, 2.24) is 9.97 Å². The zero-order chi connectivity index (χ0) is 12.5. The minimum atomic E-state index is -4.38. The Morgan fingerprint density at radius 2 is 1.65 bits per heavy atom. The van der Waals surface area contributed by atoms with E-state index in [9.17, 15) is 13.2 Å². The molecule has 0 radical (unpaired) electrons. The molecule has 17 heavy (non-hydrogen) atoms. The predicted molar refractivity (Wildman–Crippen MR) is 54.1 cm³/mol. The maximum Gasteiger partial charge on any atom is 0.416 e. The van der Waals surface area contributed by atoms with Crippen LogP contribution in [0.3, 0.4) is 0 Å². The smallest absolute Gasteiger partial charge is 0.416 e. The number of halogens is 3. The highest BCUT2D eigenvalue weighted by Gasteiger charge is 2.30. The van der Waals surface area contributed by atoms with Gasteiger partial charge in [0.25, 0.3) is 0 Å². The van der Waals surface area contributed by atoms with Crippen LogP contribution in [0.25, 0.3) is 11.1 Å². The van der Waals surface area contributed by atoms with E-state index in [4.69, 9.17) is 5.11 Å². The number of hydrogen-bond donors (Lipinski definition) is 1. The zero-order valence-electron chi connectivity index (χ0n) is 8.44. The van der Waals surface area contributed by atoms with Crippen LogP contribution in [0.4, 0.5) is 13.2 Å². The van der Waals surface area contributed by atoms with E-state index in [2.05, 4.69) is 9.97 Å². The highest BCUT2D eigenvalue weighted by Crippen LogP contribution is 2.31. The first-order valence-corrected chi connectivity index (χ1v) is 4.65. The summed E-state index contributed by atoms with van der Waals surface area (Å²) in [5.41, 5.74) is 0.0248. The van der Waals surface area contributed by atoms with E-state index in [1.807, 2.05) is 0 Å². The Labute approximate surface area is 94.6 Å². The molecule has 1 heterocycles. The second-order valence-corrected chi connectivity index (χ2v) is 3.35. The van der Waals surface area contributed by atoms with Gasteiger partial charge in [-0.1, -0.05) is 12.1 Å². The molecule has 0 atom stereocenters. The molecule has 0 amide bonds. The molecule has 0 spiro atoms. The fourth-order valence-corrected chi connectivity index (χ4v) is 1.35. The Kier molecular flexibility index (Phi) is 2.71. The molecule has 1 aromatic heterocycles. The van der Waals surface area contributed by atoms with Crippen molar-refractivity contribution in [3.05, 3.63) is 42.2 Å². The molecular weight excluding hydrogens is 233 g/mol. The van der Waals surface area contributed by atoms with Gasteiger partial charge in [0.15, 0.2) is 0 Å². The molecule has 0 fully saturated rings. The summed E-state index contributed by atoms with van der Waals surface area (Å²) in [6.07, 6.45) is -1.86. The standard InChI is InChI=1S/C11H7F3N2O/c12-11(13,14)9-3-1-2-7(4-9)8-5-15-10(17)16-6-8/h1-6H,(H,15,16,17). The molecule has 0 aliphatic heterocycles. The first-order valence-electron chi connectivity index (χ1n) is 4.65. The van der Waals surface area contributed by atoms with Crippen LogP contribution in [-0.4, -0.2) is 15.1 Å². The summed E-state index contributed by atoms with van der Waals surface area (Å²) in [5, 5.41) is 8.89. The second-order valence-electron chi connectivity index (χ2n) is 3.35. The van der Waals surface area contributed by atoms with Gasteiger partial charge in [0, 0.05) is 18.0 Å². The summed E-state index contributed by atoms with van der Waals surface area (Å²) < 4.78 is 37.4. The van der Waals surface area contributed by atoms with E-state index in [-0.39, 0.29) is 0 Å². The lowest BCUT2D eigenvalue weighted by Gasteiger charge is -2.08. The summed E-state index contributed by atoms with van der Waals surface area (Å²) in [5.74, 6) is 0. The van der Waals surface area contributed by atoms with Gasteiger partial charge in [0.1, 0.15) is 0 Å². The average molecular weight is 240 g/mol. The van der Waals surface area contributed by atoms with E-state index in [1.165, 1.54) is 24.5 Å². The summed E-state index contributed by atoms with van der Waals surface area (Å²) in [7, 11) is 0. The lowest BCUT2D eigenvalue weighted by Crippen LogP contribution is -2.04. The van der Waals surface area contributed by atoms with Gasteiger partial charge in [-0.25, -0.2) is 9.97 Å². The Morgan fingerprint density at radius 1 is 1.00 bits per heavy atom. The first-order chi connectivity index (χ1) is 7.97. The molecule has 0 saturated heterocycles. The van der Waals surface area contributed by atoms with Gasteiger partial charge in [-0.3, -0.25) is 0 Å². The van der Waals surface area contributed by atoms with Crippen molar-refractivity contribution in [2.24, 2.45) is 0 Å². The summed E-state index contributed by atoms with van der Waals surface area (Å²) in [6.45, 7) is 0. The van der Waals surface area contributed by atoms with Crippen LogP contribution in [0.1, 0.15) is 5.56 Å². The summed E-state index contributed by atoms with van der Waals surface area (Å²) in [6, 6.07) is 4.41. The van der Waals surface area contributed by atoms with Gasteiger partial charge in [-0.05, 0) is 17.7 Å². The molecule has 3 nitrogen and oxygen atoms in total. The topological polar surface area (TPSA) is 46.0 Å². The van der Waals surface area contributed by atoms with Crippen LogP contribution in [0.5, 0.6) is 6.01 Å². The Balaban J connectivity index is 2.43. The third-order valence-electron chi connectivity index (χ3n) is 2.16. The maximum absolute atomic E-state index is 12.5. The van der Waals surface area contributed by atoms with E-state index < -0.39 is 17.8 Å². The number of alkyl halides is 3. The van der Waals surface area contributed by atoms with Gasteiger partial charge in [-0.2, -0.15) is 13.2 Å². The van der Waals surface area contributed by atoms with E-state index in [0.29, 0.717) is 11.1 Å². The maximum atomic E-state index is 12.5. The monoisotopic (exact) mass is 240 g/mol. The SMILES string of the molecule is Oc1ncc(-c2cccc(C(F)(F)F)c2)cn1. The van der Waals surface area contributed by atoms with Crippen LogP contribution >= 0.6 is 0 Å². The largest absolute Gasteiger partial charge is 0.479 e. The van der Waals surface area contributed by atoms with Crippen molar-refractivity contribution in [3.63, 3.8) is 0 Å². The van der Waals surface area contributed by atoms with Crippen molar-refractivity contribution >= 4 is 0 Å². The molecule has 2 rings (SSSR count). The minimum Gasteiger partial charge on any atom is -0.479 e. The quantitative estimate of drug-likeness (QED) is 0.833. The molecular formula is C11H7F3N2O. The van der Waals surface area contributed by atoms with Crippen LogP contribution in [0.2, 0.25) is 0 Å². The van der Waals surface area contributed by atoms with Gasteiger partial charge in [0.2, 0.25) is 0 Å². The highest BCUT2D eigenvalue weighted by molar-refractivity contribution is 5.62. The molecule has 2 aromatic rings. The first kappa shape index (κ1) is 11.4. The molecule has 0 aliphatic rings. The third kappa shape index (κ3) is 2.52. The molecule has 0 saturated carbocycles. The number of benzene rings is 1. The van der Waals surface area contributed by atoms with Crippen molar-refractivity contribution < 1.29 is 18.3 Å². The van der Waals surface area contributed by atoms with Crippen LogP contribution < -0.4 is 0 Å². The fraction of sp³-hybridized carbons (Fsp3) is 0.0909. The van der Waals surface area contributed by atoms with Gasteiger partial charge < -0.3 is 5.11 Å². The number of aromatic hydroxyl groups is 1. The normalized spacial score (nSPS) is 11.5. The molecule has 0 unspecified atom stereocenters.